The Morgan fingerprint density at radius 3 is 2.77 bits per heavy atom. The van der Waals surface area contributed by atoms with Crippen LogP contribution in [0.25, 0.3) is 16.8 Å². The minimum absolute atomic E-state index is 0.371. The number of rotatable bonds is 3. The largest absolute Gasteiger partial charge is 0.353 e. The van der Waals surface area contributed by atoms with Crippen molar-refractivity contribution in [2.45, 2.75) is 13.0 Å². The summed E-state index contributed by atoms with van der Waals surface area (Å²) in [5.41, 5.74) is 2.24. The molecule has 0 spiro atoms. The fourth-order valence-corrected chi connectivity index (χ4v) is 3.17. The van der Waals surface area contributed by atoms with Crippen molar-refractivity contribution in [1.29, 1.82) is 0 Å². The molecule has 5 heterocycles. The molecule has 0 saturated carbocycles. The molecule has 0 radical (unpaired) electrons. The van der Waals surface area contributed by atoms with Crippen molar-refractivity contribution in [2.24, 2.45) is 0 Å². The van der Waals surface area contributed by atoms with Gasteiger partial charge in [-0.1, -0.05) is 0 Å². The highest BCUT2D eigenvalue weighted by atomic mass is 15.4. The van der Waals surface area contributed by atoms with E-state index in [4.69, 9.17) is 0 Å². The van der Waals surface area contributed by atoms with Gasteiger partial charge < -0.3 is 9.80 Å². The number of anilines is 2. The Balaban J connectivity index is 1.33. The van der Waals surface area contributed by atoms with E-state index >= 15 is 0 Å². The van der Waals surface area contributed by atoms with Gasteiger partial charge >= 0.3 is 0 Å². The van der Waals surface area contributed by atoms with E-state index in [1.54, 1.807) is 16.9 Å². The molecule has 0 N–H and O–H groups in total. The second kappa shape index (κ2) is 5.58. The van der Waals surface area contributed by atoms with Gasteiger partial charge in [0.15, 0.2) is 17.1 Å². The van der Waals surface area contributed by atoms with E-state index in [0.717, 1.165) is 41.7 Å². The smallest absolute Gasteiger partial charge is 0.180 e. The first-order valence-electron chi connectivity index (χ1n) is 8.44. The summed E-state index contributed by atoms with van der Waals surface area (Å²) in [5.74, 6) is 2.63. The number of aryl methyl sites for hydroxylation is 1. The first-order chi connectivity index (χ1) is 12.7. The van der Waals surface area contributed by atoms with Crippen LogP contribution in [0.5, 0.6) is 0 Å². The Labute approximate surface area is 149 Å². The van der Waals surface area contributed by atoms with Gasteiger partial charge in [0.2, 0.25) is 0 Å². The number of fused-ring (bicyclic) bond motifs is 2. The van der Waals surface area contributed by atoms with Crippen molar-refractivity contribution >= 4 is 28.4 Å². The summed E-state index contributed by atoms with van der Waals surface area (Å²) < 4.78 is 1.77. The summed E-state index contributed by atoms with van der Waals surface area (Å²) in [7, 11) is 2.06. The molecule has 5 rings (SSSR count). The molecule has 0 amide bonds. The first kappa shape index (κ1) is 14.9. The summed E-state index contributed by atoms with van der Waals surface area (Å²) >= 11 is 0. The lowest BCUT2D eigenvalue weighted by Crippen LogP contribution is -2.59. The fraction of sp³-hybridized carbons (Fsp3) is 0.294. The highest BCUT2D eigenvalue weighted by molar-refractivity contribution is 5.71. The summed E-state index contributed by atoms with van der Waals surface area (Å²) in [6.07, 6.45) is 3.34. The van der Waals surface area contributed by atoms with E-state index < -0.39 is 0 Å². The zero-order valence-corrected chi connectivity index (χ0v) is 14.5. The summed E-state index contributed by atoms with van der Waals surface area (Å²) in [6, 6.07) is 8.26. The van der Waals surface area contributed by atoms with Crippen LogP contribution in [0.4, 0.5) is 11.6 Å². The molecule has 130 valence electrons. The van der Waals surface area contributed by atoms with Gasteiger partial charge in [-0.15, -0.1) is 15.3 Å². The lowest BCUT2D eigenvalue weighted by Gasteiger charge is -2.44. The van der Waals surface area contributed by atoms with Gasteiger partial charge in [0.05, 0.1) is 6.04 Å². The van der Waals surface area contributed by atoms with Crippen molar-refractivity contribution in [3.05, 3.63) is 42.5 Å². The molecular weight excluding hydrogens is 330 g/mol. The third-order valence-electron chi connectivity index (χ3n) is 4.82. The maximum Gasteiger partial charge on any atom is 0.180 e. The Morgan fingerprint density at radius 1 is 1.04 bits per heavy atom. The third kappa shape index (κ3) is 2.32. The lowest BCUT2D eigenvalue weighted by molar-refractivity contribution is 0.487. The molecule has 0 atom stereocenters. The number of likely N-dealkylation sites (N-methyl/N-ethyl adjacent to an activating group) is 1. The van der Waals surface area contributed by atoms with Gasteiger partial charge in [0.25, 0.3) is 0 Å². The van der Waals surface area contributed by atoms with E-state index in [2.05, 4.69) is 47.1 Å². The average Bonchev–Trinajstić information content (AvgIpc) is 3.01. The van der Waals surface area contributed by atoms with Gasteiger partial charge in [0.1, 0.15) is 17.2 Å². The number of pyridine rings is 1. The molecule has 1 aliphatic rings. The number of aromatic nitrogens is 7. The zero-order chi connectivity index (χ0) is 17.7. The Hall–Kier alpha value is -3.36. The van der Waals surface area contributed by atoms with Crippen molar-refractivity contribution in [2.75, 3.05) is 29.9 Å². The number of hydrogen-bond acceptors (Lipinski definition) is 8. The number of nitrogens with zero attached hydrogens (tertiary/aromatic N) is 9. The maximum absolute atomic E-state index is 4.63. The van der Waals surface area contributed by atoms with Crippen molar-refractivity contribution < 1.29 is 0 Å². The molecule has 1 aliphatic heterocycles. The first-order valence-corrected chi connectivity index (χ1v) is 8.44. The van der Waals surface area contributed by atoms with Crippen molar-refractivity contribution in [3.8, 4) is 0 Å². The number of hydrogen-bond donors (Lipinski definition) is 0. The van der Waals surface area contributed by atoms with Crippen LogP contribution in [0.15, 0.2) is 36.7 Å². The van der Waals surface area contributed by atoms with Gasteiger partial charge in [-0.3, -0.25) is 4.98 Å². The Bertz CT molecular complexity index is 1100. The average molecular weight is 347 g/mol. The fourth-order valence-electron chi connectivity index (χ4n) is 3.17. The monoisotopic (exact) mass is 347 g/mol. The summed E-state index contributed by atoms with van der Waals surface area (Å²) in [4.78, 5) is 17.6. The molecule has 4 aromatic rings. The molecule has 0 unspecified atom stereocenters. The standard InChI is InChI=1S/C17H17N9/c1-11-21-22-15-5-6-16(23-26(11)15)25-9-12(10-25)24(2)14-4-3-13-17(20-14)19-8-7-18-13/h3-8,12H,9-10H2,1-2H3. The van der Waals surface area contributed by atoms with Crippen molar-refractivity contribution in [1.82, 2.24) is 34.8 Å². The van der Waals surface area contributed by atoms with Gasteiger partial charge in [0, 0.05) is 32.5 Å². The second-order valence-corrected chi connectivity index (χ2v) is 6.45. The zero-order valence-electron chi connectivity index (χ0n) is 14.5. The minimum atomic E-state index is 0.371. The predicted molar refractivity (Wildman–Crippen MR) is 97.3 cm³/mol. The van der Waals surface area contributed by atoms with Gasteiger partial charge in [-0.25, -0.2) is 9.97 Å². The normalized spacial score (nSPS) is 14.8. The molecule has 0 bridgehead atoms. The van der Waals surface area contributed by atoms with Crippen LogP contribution in [0.1, 0.15) is 5.82 Å². The quantitative estimate of drug-likeness (QED) is 0.544. The molecule has 4 aromatic heterocycles. The molecule has 1 saturated heterocycles. The van der Waals surface area contributed by atoms with Gasteiger partial charge in [-0.2, -0.15) is 4.52 Å². The molecule has 26 heavy (non-hydrogen) atoms. The maximum atomic E-state index is 4.63. The van der Waals surface area contributed by atoms with E-state index in [9.17, 15) is 0 Å². The van der Waals surface area contributed by atoms with Crippen LogP contribution >= 0.6 is 0 Å². The van der Waals surface area contributed by atoms with E-state index in [1.165, 1.54) is 0 Å². The van der Waals surface area contributed by atoms with Gasteiger partial charge in [-0.05, 0) is 31.2 Å². The second-order valence-electron chi connectivity index (χ2n) is 6.45. The molecule has 0 aliphatic carbocycles. The Morgan fingerprint density at radius 2 is 1.88 bits per heavy atom. The minimum Gasteiger partial charge on any atom is -0.353 e. The van der Waals surface area contributed by atoms with E-state index in [-0.39, 0.29) is 0 Å². The van der Waals surface area contributed by atoms with Crippen LogP contribution < -0.4 is 9.80 Å². The summed E-state index contributed by atoms with van der Waals surface area (Å²) in [6.45, 7) is 3.67. The lowest BCUT2D eigenvalue weighted by atomic mass is 10.1. The van der Waals surface area contributed by atoms with Crippen LogP contribution in [0.2, 0.25) is 0 Å². The Kier molecular flexibility index (Phi) is 3.21. The van der Waals surface area contributed by atoms with Crippen LogP contribution in [-0.4, -0.2) is 60.9 Å². The highest BCUT2D eigenvalue weighted by Gasteiger charge is 2.32. The summed E-state index contributed by atoms with van der Waals surface area (Å²) in [5, 5.41) is 12.8. The topological polar surface area (TPSA) is 88.2 Å². The van der Waals surface area contributed by atoms with E-state index in [0.29, 0.717) is 11.7 Å². The molecule has 9 nitrogen and oxygen atoms in total. The molecule has 9 heteroatoms. The van der Waals surface area contributed by atoms with Crippen molar-refractivity contribution in [3.63, 3.8) is 0 Å². The predicted octanol–water partition coefficient (Wildman–Crippen LogP) is 1.10. The highest BCUT2D eigenvalue weighted by Crippen LogP contribution is 2.25. The van der Waals surface area contributed by atoms with E-state index in [1.807, 2.05) is 31.2 Å². The molecule has 0 aromatic carbocycles. The van der Waals surface area contributed by atoms with Crippen LogP contribution in [-0.2, 0) is 0 Å². The molecule has 1 fully saturated rings. The molecular formula is C17H17N9. The third-order valence-corrected chi connectivity index (χ3v) is 4.82. The van der Waals surface area contributed by atoms with Crippen LogP contribution in [0.3, 0.4) is 0 Å². The van der Waals surface area contributed by atoms with Crippen LogP contribution in [0, 0.1) is 6.92 Å². The SMILES string of the molecule is Cc1nnc2ccc(N3CC(N(C)c4ccc5nccnc5n4)C3)nn12.